The molecule has 0 saturated carbocycles. The molecule has 0 amide bonds. The van der Waals surface area contributed by atoms with Crippen LogP contribution in [0.2, 0.25) is 0 Å². The Hall–Kier alpha value is -3.18. The normalized spacial score (nSPS) is 18.5. The number of likely N-dealkylation sites (N-methyl/N-ethyl adjacent to an activating group) is 1. The van der Waals surface area contributed by atoms with Gasteiger partial charge < -0.3 is 9.72 Å². The topological polar surface area (TPSA) is 45.5 Å². The van der Waals surface area contributed by atoms with E-state index in [1.54, 1.807) is 0 Å². The molecule has 4 heterocycles. The van der Waals surface area contributed by atoms with Crippen molar-refractivity contribution >= 4 is 16.8 Å². The molecule has 0 atom stereocenters. The minimum Gasteiger partial charge on any atom is -0.386 e. The Morgan fingerprint density at radius 3 is 3.11 bits per heavy atom. The molecule has 5 rings (SSSR count). The summed E-state index contributed by atoms with van der Waals surface area (Å²) < 4.78 is 2.06. The number of rotatable bonds is 3. The monoisotopic (exact) mass is 371 g/mol. The highest BCUT2D eigenvalue weighted by atomic mass is 15.2. The van der Waals surface area contributed by atoms with Crippen LogP contribution in [0.1, 0.15) is 23.8 Å². The van der Waals surface area contributed by atoms with Gasteiger partial charge in [-0.15, -0.1) is 0 Å². The summed E-state index contributed by atoms with van der Waals surface area (Å²) in [4.78, 5) is 11.4. The summed E-state index contributed by atoms with van der Waals surface area (Å²) in [6.07, 6.45) is 13.0. The molecule has 3 aromatic heterocycles. The van der Waals surface area contributed by atoms with Gasteiger partial charge in [0.2, 0.25) is 0 Å². The largest absolute Gasteiger partial charge is 0.386 e. The van der Waals surface area contributed by atoms with Gasteiger partial charge in [-0.05, 0) is 36.4 Å². The van der Waals surface area contributed by atoms with Crippen molar-refractivity contribution in [3.63, 3.8) is 0 Å². The average molecular weight is 371 g/mol. The second-order valence-electron chi connectivity index (χ2n) is 7.41. The summed E-state index contributed by atoms with van der Waals surface area (Å²) >= 11 is 0. The third kappa shape index (κ3) is 2.84. The number of nitrogens with one attached hydrogen (secondary N) is 1. The Balaban J connectivity index is 0.00000205. The lowest BCUT2D eigenvalue weighted by molar-refractivity contribution is 0.324. The molecule has 1 aliphatic carbocycles. The maximum Gasteiger partial charge on any atom is 0.136 e. The molecule has 1 N–H and O–H groups in total. The summed E-state index contributed by atoms with van der Waals surface area (Å²) in [5.41, 5.74) is 9.19. The number of nitrogens with zero attached hydrogens (tertiary/aromatic N) is 4. The van der Waals surface area contributed by atoms with E-state index in [1.165, 1.54) is 22.4 Å². The van der Waals surface area contributed by atoms with Crippen LogP contribution < -0.4 is 5.32 Å². The fourth-order valence-electron chi connectivity index (χ4n) is 4.10. The van der Waals surface area contributed by atoms with Gasteiger partial charge in [0.05, 0.1) is 5.69 Å². The van der Waals surface area contributed by atoms with Gasteiger partial charge in [-0.2, -0.15) is 0 Å². The smallest absolute Gasteiger partial charge is 0.136 e. The summed E-state index contributed by atoms with van der Waals surface area (Å²) in [7, 11) is 2.15. The fourth-order valence-corrected chi connectivity index (χ4v) is 4.10. The van der Waals surface area contributed by atoms with Crippen LogP contribution in [0.4, 0.5) is 0 Å². The van der Waals surface area contributed by atoms with Gasteiger partial charge in [-0.25, -0.2) is 4.98 Å². The Bertz CT molecular complexity index is 1140. The molecule has 5 nitrogen and oxygen atoms in total. The summed E-state index contributed by atoms with van der Waals surface area (Å²) in [5.74, 6) is 0. The number of hydrogen-bond donors (Lipinski definition) is 1. The Labute approximate surface area is 166 Å². The van der Waals surface area contributed by atoms with Crippen molar-refractivity contribution in [3.05, 3.63) is 89.8 Å². The zero-order chi connectivity index (χ0) is 19.1. The predicted octanol–water partition coefficient (Wildman–Crippen LogP) is 3.40. The number of fused-ring (bicyclic) bond motifs is 2. The number of aromatic nitrogens is 3. The van der Waals surface area contributed by atoms with Crippen molar-refractivity contribution < 1.29 is 1.43 Å². The number of allylic oxidation sites excluding steroid dienone is 3. The molecule has 0 spiro atoms. The van der Waals surface area contributed by atoms with Gasteiger partial charge in [-0.3, -0.25) is 9.88 Å². The second-order valence-corrected chi connectivity index (χ2v) is 7.41. The van der Waals surface area contributed by atoms with Crippen molar-refractivity contribution in [2.75, 3.05) is 26.7 Å². The maximum atomic E-state index is 4.78. The molecule has 0 aromatic carbocycles. The van der Waals surface area contributed by atoms with Crippen molar-refractivity contribution in [3.8, 4) is 0 Å². The zero-order valence-corrected chi connectivity index (χ0v) is 16.0. The molecule has 2 aliphatic rings. The summed E-state index contributed by atoms with van der Waals surface area (Å²) in [6.45, 7) is 6.98. The molecule has 3 aromatic rings. The van der Waals surface area contributed by atoms with Crippen LogP contribution >= 0.6 is 0 Å². The van der Waals surface area contributed by atoms with Crippen LogP contribution in [0.25, 0.3) is 16.8 Å². The van der Waals surface area contributed by atoms with E-state index in [2.05, 4.69) is 63.7 Å². The van der Waals surface area contributed by atoms with Gasteiger partial charge in [0.1, 0.15) is 5.65 Å². The van der Waals surface area contributed by atoms with Crippen molar-refractivity contribution in [2.45, 2.75) is 6.42 Å². The minimum absolute atomic E-state index is 0. The third-order valence-electron chi connectivity index (χ3n) is 5.56. The first-order chi connectivity index (χ1) is 13.7. The quantitative estimate of drug-likeness (QED) is 0.767. The number of pyridine rings is 2. The van der Waals surface area contributed by atoms with Crippen molar-refractivity contribution in [2.24, 2.45) is 0 Å². The molecule has 28 heavy (non-hydrogen) atoms. The Kier molecular flexibility index (Phi) is 4.10. The molecular formula is C23H25N5. The lowest BCUT2D eigenvalue weighted by Crippen LogP contribution is -2.40. The van der Waals surface area contributed by atoms with E-state index >= 15 is 0 Å². The predicted molar refractivity (Wildman–Crippen MR) is 115 cm³/mol. The van der Waals surface area contributed by atoms with E-state index in [-0.39, 0.29) is 1.43 Å². The number of hydrogen-bond acceptors (Lipinski definition) is 4. The zero-order valence-electron chi connectivity index (χ0n) is 16.0. The molecule has 0 bridgehead atoms. The molecule has 1 aliphatic heterocycles. The molecular weight excluding hydrogens is 346 g/mol. The van der Waals surface area contributed by atoms with E-state index in [1.807, 2.05) is 24.7 Å². The average Bonchev–Trinajstić information content (AvgIpc) is 3.34. The van der Waals surface area contributed by atoms with Gasteiger partial charge >= 0.3 is 0 Å². The number of imidazole rings is 1. The van der Waals surface area contributed by atoms with Crippen molar-refractivity contribution in [1.29, 1.82) is 0 Å². The van der Waals surface area contributed by atoms with Gasteiger partial charge in [0.15, 0.2) is 0 Å². The molecule has 1 fully saturated rings. The first-order valence-corrected chi connectivity index (χ1v) is 9.64. The molecule has 5 heteroatoms. The van der Waals surface area contributed by atoms with Gasteiger partial charge in [0, 0.05) is 74.7 Å². The van der Waals surface area contributed by atoms with Gasteiger partial charge in [0.25, 0.3) is 0 Å². The van der Waals surface area contributed by atoms with E-state index in [9.17, 15) is 0 Å². The van der Waals surface area contributed by atoms with Crippen LogP contribution in [-0.4, -0.2) is 46.0 Å². The van der Waals surface area contributed by atoms with Crippen LogP contribution in [0.15, 0.2) is 67.4 Å². The first kappa shape index (κ1) is 17.0. The minimum atomic E-state index is 0. The first-order valence-electron chi connectivity index (χ1n) is 9.64. The highest BCUT2D eigenvalue weighted by Gasteiger charge is 2.20. The Morgan fingerprint density at radius 1 is 1.32 bits per heavy atom. The van der Waals surface area contributed by atoms with Crippen LogP contribution in [0.3, 0.4) is 0 Å². The third-order valence-corrected chi connectivity index (χ3v) is 5.56. The van der Waals surface area contributed by atoms with Crippen LogP contribution in [-0.2, 0) is 6.42 Å². The summed E-state index contributed by atoms with van der Waals surface area (Å²) in [5, 5.41) is 3.54. The molecule has 0 radical (unpaired) electrons. The van der Waals surface area contributed by atoms with Crippen LogP contribution in [0, 0.1) is 0 Å². The molecule has 0 unspecified atom stereocenters. The lowest BCUT2D eigenvalue weighted by atomic mass is 9.97. The van der Waals surface area contributed by atoms with Crippen molar-refractivity contribution in [1.82, 2.24) is 24.6 Å². The second kappa shape index (κ2) is 6.77. The van der Waals surface area contributed by atoms with E-state index < -0.39 is 0 Å². The van der Waals surface area contributed by atoms with E-state index in [0.29, 0.717) is 0 Å². The molecule has 1 saturated heterocycles. The van der Waals surface area contributed by atoms with E-state index in [0.717, 1.165) is 48.5 Å². The van der Waals surface area contributed by atoms with Gasteiger partial charge in [-0.1, -0.05) is 18.7 Å². The standard InChI is InChI=1S/C23H23N5.H2/c1-3-18(22-15-27(2)10-8-24-22)17-12-20-19(5-6-21(20)26-13-17)16-4-7-23-25-9-11-28(23)14-16;/h3-5,7,9,11-14,24H,1,6,8,10,15H2,2H3;1H/b22-18+;. The fraction of sp³-hybridized carbons (Fsp3) is 0.217. The number of piperazine rings is 1. The highest BCUT2D eigenvalue weighted by Crippen LogP contribution is 2.34. The van der Waals surface area contributed by atoms with E-state index in [4.69, 9.17) is 4.98 Å². The lowest BCUT2D eigenvalue weighted by Gasteiger charge is -2.28. The highest BCUT2D eigenvalue weighted by molar-refractivity contribution is 5.86. The Morgan fingerprint density at radius 2 is 2.25 bits per heavy atom. The maximum absolute atomic E-state index is 4.78. The molecule has 142 valence electrons. The SMILES string of the molecule is C=C/C(=C1/CN(C)CCN1)c1cnc2c(c1)C(c1ccc3nccn3c1)=CC2.[HH]. The van der Waals surface area contributed by atoms with Crippen LogP contribution in [0.5, 0.6) is 0 Å². The summed E-state index contributed by atoms with van der Waals surface area (Å²) in [6, 6.07) is 6.46.